The van der Waals surface area contributed by atoms with Crippen LogP contribution < -0.4 is 0 Å². The monoisotopic (exact) mass is 689 g/mol. The van der Waals surface area contributed by atoms with E-state index in [1.54, 1.807) is 0 Å². The van der Waals surface area contributed by atoms with Crippen molar-refractivity contribution >= 4 is 54.4 Å². The molecule has 0 bridgehead atoms. The smallest absolute Gasteiger partial charge is 0.238 e. The summed E-state index contributed by atoms with van der Waals surface area (Å²) in [6.07, 6.45) is 0. The summed E-state index contributed by atoms with van der Waals surface area (Å²) >= 11 is 0. The highest BCUT2D eigenvalue weighted by atomic mass is 15.2. The zero-order valence-corrected chi connectivity index (χ0v) is 29.1. The maximum absolute atomic E-state index is 5.27. The fourth-order valence-electron chi connectivity index (χ4n) is 8.02. The molecule has 0 radical (unpaired) electrons. The fourth-order valence-corrected chi connectivity index (χ4v) is 8.02. The van der Waals surface area contributed by atoms with Crippen LogP contribution in [0.15, 0.2) is 188 Å². The maximum atomic E-state index is 5.27. The van der Waals surface area contributed by atoms with E-state index in [4.69, 9.17) is 15.0 Å². The van der Waals surface area contributed by atoms with Crippen LogP contribution in [0.2, 0.25) is 0 Å². The molecular formula is C49H31N5. The molecule has 0 unspecified atom stereocenters. The standard InChI is InChI=1S/C49H31N5/c1-3-13-32(14-4-1)34-23-24-36-30-37(26-25-35(36)29-34)48-50-47(33-15-5-2-6-16-33)51-49(52-48)54-45-22-12-9-19-41(45)42-28-27-38(31-46(42)54)53-43-20-10-7-17-39(43)40-18-8-11-21-44(40)53/h1-31H. The van der Waals surface area contributed by atoms with E-state index in [9.17, 15) is 0 Å². The second-order valence-corrected chi connectivity index (χ2v) is 13.7. The Bertz CT molecular complexity index is 3160. The minimum atomic E-state index is 0.573. The summed E-state index contributed by atoms with van der Waals surface area (Å²) < 4.78 is 4.56. The van der Waals surface area contributed by atoms with Crippen LogP contribution in [0, 0.1) is 0 Å². The fraction of sp³-hybridized carbons (Fsp3) is 0. The number of rotatable bonds is 5. The van der Waals surface area contributed by atoms with Crippen molar-refractivity contribution in [3.63, 3.8) is 0 Å². The predicted octanol–water partition coefficient (Wildman–Crippen LogP) is 12.2. The molecule has 54 heavy (non-hydrogen) atoms. The topological polar surface area (TPSA) is 48.5 Å². The first-order chi connectivity index (χ1) is 26.8. The van der Waals surface area contributed by atoms with Gasteiger partial charge in [0.15, 0.2) is 11.6 Å². The molecule has 0 fully saturated rings. The summed E-state index contributed by atoms with van der Waals surface area (Å²) in [6.45, 7) is 0. The molecule has 252 valence electrons. The molecule has 0 N–H and O–H groups in total. The third-order valence-corrected chi connectivity index (χ3v) is 10.6. The first-order valence-corrected chi connectivity index (χ1v) is 18.2. The van der Waals surface area contributed by atoms with Crippen LogP contribution in [0.4, 0.5) is 0 Å². The lowest BCUT2D eigenvalue weighted by Crippen LogP contribution is -2.06. The van der Waals surface area contributed by atoms with Crippen molar-refractivity contribution in [3.05, 3.63) is 188 Å². The number of fused-ring (bicyclic) bond motifs is 7. The van der Waals surface area contributed by atoms with Crippen molar-refractivity contribution in [2.75, 3.05) is 0 Å². The van der Waals surface area contributed by atoms with Gasteiger partial charge < -0.3 is 4.57 Å². The van der Waals surface area contributed by atoms with Gasteiger partial charge in [-0.25, -0.2) is 4.98 Å². The largest absolute Gasteiger partial charge is 0.309 e. The van der Waals surface area contributed by atoms with Crippen LogP contribution in [0.5, 0.6) is 0 Å². The molecule has 0 saturated carbocycles. The number of benzene rings is 8. The molecule has 8 aromatic carbocycles. The maximum Gasteiger partial charge on any atom is 0.238 e. The first-order valence-electron chi connectivity index (χ1n) is 18.2. The Kier molecular flexibility index (Phi) is 6.79. The SMILES string of the molecule is c1ccc(-c2ccc3cc(-c4nc(-c5ccccc5)nc(-n5c6ccccc6c6ccc(-n7c8ccccc8c8ccccc87)cc65)n4)ccc3c2)cc1. The second kappa shape index (κ2) is 12.1. The number of hydrogen-bond donors (Lipinski definition) is 0. The molecule has 11 aromatic rings. The summed E-state index contributed by atoms with van der Waals surface area (Å²) in [5.41, 5.74) is 9.73. The lowest BCUT2D eigenvalue weighted by atomic mass is 10.00. The van der Waals surface area contributed by atoms with E-state index in [-0.39, 0.29) is 0 Å². The Morgan fingerprint density at radius 2 is 0.778 bits per heavy atom. The number of para-hydroxylation sites is 3. The van der Waals surface area contributed by atoms with Gasteiger partial charge in [-0.3, -0.25) is 4.57 Å². The van der Waals surface area contributed by atoms with Crippen LogP contribution in [-0.4, -0.2) is 24.1 Å². The third kappa shape index (κ3) is 4.83. The molecule has 3 heterocycles. The zero-order chi connectivity index (χ0) is 35.6. The summed E-state index contributed by atoms with van der Waals surface area (Å²) in [7, 11) is 0. The predicted molar refractivity (Wildman–Crippen MR) is 222 cm³/mol. The van der Waals surface area contributed by atoms with E-state index < -0.39 is 0 Å². The summed E-state index contributed by atoms with van der Waals surface area (Å²) in [4.78, 5) is 15.6. The number of hydrogen-bond acceptors (Lipinski definition) is 3. The van der Waals surface area contributed by atoms with Crippen molar-refractivity contribution in [1.29, 1.82) is 0 Å². The summed E-state index contributed by atoms with van der Waals surface area (Å²) in [5, 5.41) is 7.04. The Labute approximate surface area is 311 Å². The minimum absolute atomic E-state index is 0.573. The van der Waals surface area contributed by atoms with Gasteiger partial charge in [0.25, 0.3) is 0 Å². The molecule has 0 aliphatic rings. The Morgan fingerprint density at radius 1 is 0.296 bits per heavy atom. The molecule has 0 atom stereocenters. The summed E-state index contributed by atoms with van der Waals surface area (Å²) in [6, 6.07) is 66.3. The van der Waals surface area contributed by atoms with Crippen molar-refractivity contribution in [2.24, 2.45) is 0 Å². The van der Waals surface area contributed by atoms with E-state index in [2.05, 4.69) is 173 Å². The van der Waals surface area contributed by atoms with Crippen LogP contribution in [-0.2, 0) is 0 Å². The Balaban J connectivity index is 1.14. The van der Waals surface area contributed by atoms with Gasteiger partial charge in [-0.1, -0.05) is 146 Å². The third-order valence-electron chi connectivity index (χ3n) is 10.6. The van der Waals surface area contributed by atoms with Gasteiger partial charge in [-0.15, -0.1) is 0 Å². The average Bonchev–Trinajstić information content (AvgIpc) is 3.76. The Morgan fingerprint density at radius 3 is 1.41 bits per heavy atom. The summed E-state index contributed by atoms with van der Waals surface area (Å²) in [5.74, 6) is 1.82. The van der Waals surface area contributed by atoms with Gasteiger partial charge in [0, 0.05) is 38.4 Å². The van der Waals surface area contributed by atoms with E-state index >= 15 is 0 Å². The average molecular weight is 690 g/mol. The van der Waals surface area contributed by atoms with Crippen molar-refractivity contribution in [3.8, 4) is 45.5 Å². The number of aromatic nitrogens is 5. The van der Waals surface area contributed by atoms with Crippen molar-refractivity contribution < 1.29 is 0 Å². The van der Waals surface area contributed by atoms with Gasteiger partial charge in [0.1, 0.15) is 0 Å². The zero-order valence-electron chi connectivity index (χ0n) is 29.1. The second-order valence-electron chi connectivity index (χ2n) is 13.7. The van der Waals surface area contributed by atoms with Gasteiger partial charge >= 0.3 is 0 Å². The van der Waals surface area contributed by atoms with E-state index in [1.165, 1.54) is 32.9 Å². The molecule has 0 aliphatic heterocycles. The lowest BCUT2D eigenvalue weighted by molar-refractivity contribution is 0.953. The van der Waals surface area contributed by atoms with Crippen molar-refractivity contribution in [2.45, 2.75) is 0 Å². The quantitative estimate of drug-likeness (QED) is 0.181. The highest BCUT2D eigenvalue weighted by Crippen LogP contribution is 2.37. The normalized spacial score (nSPS) is 11.7. The molecule has 0 amide bonds. The molecular weight excluding hydrogens is 659 g/mol. The first kappa shape index (κ1) is 30.3. The highest BCUT2D eigenvalue weighted by Gasteiger charge is 2.20. The van der Waals surface area contributed by atoms with E-state index in [1.807, 2.05) is 24.3 Å². The number of nitrogens with zero attached hydrogens (tertiary/aromatic N) is 5. The Hall–Kier alpha value is -7.37. The molecule has 3 aromatic heterocycles. The van der Waals surface area contributed by atoms with E-state index in [0.29, 0.717) is 17.6 Å². The van der Waals surface area contributed by atoms with Gasteiger partial charge in [-0.05, 0) is 64.4 Å². The van der Waals surface area contributed by atoms with Crippen LogP contribution >= 0.6 is 0 Å². The molecule has 0 saturated heterocycles. The van der Waals surface area contributed by atoms with Crippen LogP contribution in [0.1, 0.15) is 0 Å². The highest BCUT2D eigenvalue weighted by molar-refractivity contribution is 6.12. The van der Waals surface area contributed by atoms with Gasteiger partial charge in [-0.2, -0.15) is 9.97 Å². The molecule has 0 aliphatic carbocycles. The van der Waals surface area contributed by atoms with Crippen molar-refractivity contribution in [1.82, 2.24) is 24.1 Å². The molecule has 0 spiro atoms. The minimum Gasteiger partial charge on any atom is -0.309 e. The van der Waals surface area contributed by atoms with Gasteiger partial charge in [0.2, 0.25) is 5.95 Å². The lowest BCUT2D eigenvalue weighted by Gasteiger charge is -2.13. The molecule has 5 heteroatoms. The van der Waals surface area contributed by atoms with Crippen LogP contribution in [0.25, 0.3) is 99.9 Å². The van der Waals surface area contributed by atoms with Crippen LogP contribution in [0.3, 0.4) is 0 Å². The van der Waals surface area contributed by atoms with Gasteiger partial charge in [0.05, 0.1) is 22.1 Å². The van der Waals surface area contributed by atoms with E-state index in [0.717, 1.165) is 49.4 Å². The molecule has 11 rings (SSSR count). The molecule has 5 nitrogen and oxygen atoms in total.